The number of halogens is 1. The maximum absolute atomic E-state index is 13.7. The van der Waals surface area contributed by atoms with Crippen molar-refractivity contribution in [1.29, 1.82) is 0 Å². The lowest BCUT2D eigenvalue weighted by molar-refractivity contribution is -0.147. The SMILES string of the molecule is Cc1ccc(CN[C@H]2C[C@H]3C(=O)N[C@@H](CC4CCCCC4)C(=O)N3C2)cc1F. The Morgan fingerprint density at radius 3 is 2.75 bits per heavy atom. The summed E-state index contributed by atoms with van der Waals surface area (Å²) >= 11 is 0. The molecule has 2 amide bonds. The lowest BCUT2D eigenvalue weighted by Crippen LogP contribution is -2.61. The van der Waals surface area contributed by atoms with Crippen LogP contribution in [0.1, 0.15) is 56.1 Å². The van der Waals surface area contributed by atoms with Crippen LogP contribution in [0, 0.1) is 18.7 Å². The van der Waals surface area contributed by atoms with Gasteiger partial charge in [0.15, 0.2) is 0 Å². The number of hydrogen-bond acceptors (Lipinski definition) is 3. The molecule has 4 rings (SSSR count). The average Bonchev–Trinajstić information content (AvgIpc) is 3.13. The minimum absolute atomic E-state index is 0.0221. The molecule has 2 aliphatic heterocycles. The van der Waals surface area contributed by atoms with Gasteiger partial charge in [0, 0.05) is 19.1 Å². The van der Waals surface area contributed by atoms with E-state index in [0.29, 0.717) is 31.0 Å². The van der Waals surface area contributed by atoms with Crippen LogP contribution in [0.5, 0.6) is 0 Å². The fraction of sp³-hybridized carbons (Fsp3) is 0.636. The van der Waals surface area contributed by atoms with E-state index >= 15 is 0 Å². The van der Waals surface area contributed by atoms with Crippen molar-refractivity contribution in [2.24, 2.45) is 5.92 Å². The molecule has 1 aromatic carbocycles. The molecular weight excluding hydrogens is 357 g/mol. The largest absolute Gasteiger partial charge is 0.342 e. The van der Waals surface area contributed by atoms with E-state index in [2.05, 4.69) is 10.6 Å². The Morgan fingerprint density at radius 2 is 2.00 bits per heavy atom. The van der Waals surface area contributed by atoms with Crippen molar-refractivity contribution in [1.82, 2.24) is 15.5 Å². The number of fused-ring (bicyclic) bond motifs is 1. The van der Waals surface area contributed by atoms with Crippen LogP contribution in [0.2, 0.25) is 0 Å². The number of hydrogen-bond donors (Lipinski definition) is 2. The highest BCUT2D eigenvalue weighted by Gasteiger charge is 2.46. The highest BCUT2D eigenvalue weighted by Crippen LogP contribution is 2.30. The van der Waals surface area contributed by atoms with Crippen molar-refractivity contribution >= 4 is 11.8 Å². The van der Waals surface area contributed by atoms with E-state index in [0.717, 1.165) is 12.0 Å². The molecule has 2 saturated heterocycles. The third-order valence-corrected chi connectivity index (χ3v) is 6.63. The Kier molecular flexibility index (Phi) is 5.67. The monoisotopic (exact) mass is 387 g/mol. The van der Waals surface area contributed by atoms with Crippen molar-refractivity contribution < 1.29 is 14.0 Å². The van der Waals surface area contributed by atoms with Crippen molar-refractivity contribution in [3.63, 3.8) is 0 Å². The first-order valence-corrected chi connectivity index (χ1v) is 10.6. The molecule has 0 radical (unpaired) electrons. The summed E-state index contributed by atoms with van der Waals surface area (Å²) in [5, 5.41) is 6.38. The van der Waals surface area contributed by atoms with E-state index in [1.54, 1.807) is 24.0 Å². The third kappa shape index (κ3) is 4.07. The highest BCUT2D eigenvalue weighted by molar-refractivity contribution is 5.97. The molecule has 1 aliphatic carbocycles. The second-order valence-corrected chi connectivity index (χ2v) is 8.70. The third-order valence-electron chi connectivity index (χ3n) is 6.63. The Labute approximate surface area is 166 Å². The van der Waals surface area contributed by atoms with Crippen LogP contribution >= 0.6 is 0 Å². The van der Waals surface area contributed by atoms with Gasteiger partial charge < -0.3 is 15.5 Å². The first-order valence-electron chi connectivity index (χ1n) is 10.6. The molecule has 6 heteroatoms. The fourth-order valence-electron chi connectivity index (χ4n) is 4.93. The minimum atomic E-state index is -0.373. The van der Waals surface area contributed by atoms with Crippen LogP contribution in [-0.4, -0.2) is 41.4 Å². The van der Waals surface area contributed by atoms with Crippen LogP contribution in [0.15, 0.2) is 18.2 Å². The van der Waals surface area contributed by atoms with Gasteiger partial charge in [0.25, 0.3) is 0 Å². The van der Waals surface area contributed by atoms with E-state index in [-0.39, 0.29) is 35.8 Å². The maximum Gasteiger partial charge on any atom is 0.245 e. The molecule has 0 aromatic heterocycles. The molecule has 1 aromatic rings. The number of amides is 2. The van der Waals surface area contributed by atoms with Gasteiger partial charge in [-0.1, -0.05) is 44.2 Å². The molecule has 0 unspecified atom stereocenters. The van der Waals surface area contributed by atoms with Gasteiger partial charge in [-0.05, 0) is 42.9 Å². The van der Waals surface area contributed by atoms with Gasteiger partial charge in [0.1, 0.15) is 17.9 Å². The van der Waals surface area contributed by atoms with E-state index in [1.807, 2.05) is 6.07 Å². The second kappa shape index (κ2) is 8.19. The topological polar surface area (TPSA) is 61.4 Å². The highest BCUT2D eigenvalue weighted by atomic mass is 19.1. The minimum Gasteiger partial charge on any atom is -0.342 e. The lowest BCUT2D eigenvalue weighted by atomic mass is 9.84. The van der Waals surface area contributed by atoms with Crippen molar-refractivity contribution in [3.05, 3.63) is 35.1 Å². The zero-order chi connectivity index (χ0) is 19.7. The van der Waals surface area contributed by atoms with Crippen LogP contribution in [0.4, 0.5) is 4.39 Å². The Bertz CT molecular complexity index is 747. The predicted octanol–water partition coefficient (Wildman–Crippen LogP) is 2.66. The summed E-state index contributed by atoms with van der Waals surface area (Å²) in [6, 6.07) is 4.54. The van der Waals surface area contributed by atoms with Gasteiger partial charge in [0.2, 0.25) is 11.8 Å². The van der Waals surface area contributed by atoms with Crippen molar-refractivity contribution in [2.45, 2.75) is 76.5 Å². The molecule has 0 bridgehead atoms. The van der Waals surface area contributed by atoms with Gasteiger partial charge in [-0.15, -0.1) is 0 Å². The Hall–Kier alpha value is -1.95. The number of piperazine rings is 1. The summed E-state index contributed by atoms with van der Waals surface area (Å²) in [5.41, 5.74) is 1.51. The van der Waals surface area contributed by atoms with Gasteiger partial charge in [-0.25, -0.2) is 4.39 Å². The van der Waals surface area contributed by atoms with Crippen LogP contribution < -0.4 is 10.6 Å². The number of nitrogens with zero attached hydrogens (tertiary/aromatic N) is 1. The molecule has 3 atom stereocenters. The zero-order valence-electron chi connectivity index (χ0n) is 16.5. The summed E-state index contributed by atoms with van der Waals surface area (Å²) in [4.78, 5) is 27.3. The molecule has 2 N–H and O–H groups in total. The summed E-state index contributed by atoms with van der Waals surface area (Å²) < 4.78 is 13.7. The number of rotatable bonds is 5. The van der Waals surface area contributed by atoms with Crippen molar-refractivity contribution in [2.75, 3.05) is 6.54 Å². The zero-order valence-corrected chi connectivity index (χ0v) is 16.5. The normalized spacial score (nSPS) is 28.4. The summed E-state index contributed by atoms with van der Waals surface area (Å²) in [7, 11) is 0. The second-order valence-electron chi connectivity index (χ2n) is 8.70. The first kappa shape index (κ1) is 19.4. The number of benzene rings is 1. The van der Waals surface area contributed by atoms with Gasteiger partial charge >= 0.3 is 0 Å². The lowest BCUT2D eigenvalue weighted by Gasteiger charge is -2.36. The molecule has 0 spiro atoms. The number of carbonyl (C=O) groups is 2. The average molecular weight is 387 g/mol. The smallest absolute Gasteiger partial charge is 0.245 e. The van der Waals surface area contributed by atoms with Crippen LogP contribution in [0.3, 0.4) is 0 Å². The molecule has 1 saturated carbocycles. The molecule has 5 nitrogen and oxygen atoms in total. The van der Waals surface area contributed by atoms with E-state index in [4.69, 9.17) is 0 Å². The maximum atomic E-state index is 13.7. The number of carbonyl (C=O) groups excluding carboxylic acids is 2. The van der Waals surface area contributed by atoms with Gasteiger partial charge in [-0.3, -0.25) is 9.59 Å². The quantitative estimate of drug-likeness (QED) is 0.817. The summed E-state index contributed by atoms with van der Waals surface area (Å²) in [5.74, 6) is 0.391. The Balaban J connectivity index is 1.34. The fourth-order valence-corrected chi connectivity index (χ4v) is 4.93. The van der Waals surface area contributed by atoms with Crippen LogP contribution in [0.25, 0.3) is 0 Å². The Morgan fingerprint density at radius 1 is 1.21 bits per heavy atom. The standard InChI is InChI=1S/C22H30FN3O2/c1-14-7-8-16(9-18(14)23)12-24-17-11-20-21(27)25-19(22(28)26(20)13-17)10-15-5-3-2-4-6-15/h7-9,15,17,19-20,24H,2-6,10-13H2,1H3,(H,25,27)/t17-,19-,20-/m0/s1. The van der Waals surface area contributed by atoms with E-state index < -0.39 is 0 Å². The number of aryl methyl sites for hydroxylation is 1. The van der Waals surface area contributed by atoms with E-state index in [9.17, 15) is 14.0 Å². The van der Waals surface area contributed by atoms with Gasteiger partial charge in [0.05, 0.1) is 0 Å². The van der Waals surface area contributed by atoms with Crippen molar-refractivity contribution in [3.8, 4) is 0 Å². The molecular formula is C22H30FN3O2. The van der Waals surface area contributed by atoms with Gasteiger partial charge in [-0.2, -0.15) is 0 Å². The number of nitrogens with one attached hydrogen (secondary N) is 2. The van der Waals surface area contributed by atoms with E-state index in [1.165, 1.54) is 32.1 Å². The molecule has 28 heavy (non-hydrogen) atoms. The summed E-state index contributed by atoms with van der Waals surface area (Å²) in [6.45, 7) is 2.83. The molecule has 3 aliphatic rings. The molecule has 152 valence electrons. The molecule has 2 heterocycles. The van der Waals surface area contributed by atoms with Crippen LogP contribution in [-0.2, 0) is 16.1 Å². The predicted molar refractivity (Wildman–Crippen MR) is 105 cm³/mol. The first-order chi connectivity index (χ1) is 13.5. The summed E-state index contributed by atoms with van der Waals surface area (Å²) in [6.07, 6.45) is 7.47. The molecule has 3 fully saturated rings.